The molecule has 0 bridgehead atoms. The predicted octanol–water partition coefficient (Wildman–Crippen LogP) is 4.94. The van der Waals surface area contributed by atoms with Crippen molar-refractivity contribution < 1.29 is 9.59 Å². The van der Waals surface area contributed by atoms with Crippen molar-refractivity contribution in [3.63, 3.8) is 0 Å². The van der Waals surface area contributed by atoms with E-state index in [0.29, 0.717) is 50.1 Å². The minimum absolute atomic E-state index is 0.0502. The molecule has 2 fully saturated rings. The second kappa shape index (κ2) is 12.3. The molecule has 3 aromatic rings. The van der Waals surface area contributed by atoms with Crippen LogP contribution < -0.4 is 10.6 Å². The second-order valence-corrected chi connectivity index (χ2v) is 11.4. The summed E-state index contributed by atoms with van der Waals surface area (Å²) in [7, 11) is 0. The molecule has 6 nitrogen and oxygen atoms in total. The molecule has 8 heteroatoms. The van der Waals surface area contributed by atoms with E-state index in [2.05, 4.69) is 32.7 Å². The molecule has 2 aromatic carbocycles. The third-order valence-corrected chi connectivity index (χ3v) is 8.36. The molecule has 5 rings (SSSR count). The predicted molar refractivity (Wildman–Crippen MR) is 154 cm³/mol. The molecule has 1 aromatic heterocycles. The van der Waals surface area contributed by atoms with Crippen molar-refractivity contribution in [1.82, 2.24) is 9.80 Å². The fraction of sp³-hybridized carbons (Fsp3) is 0.367. The first-order valence-corrected chi connectivity index (χ1v) is 14.5. The van der Waals surface area contributed by atoms with E-state index >= 15 is 0 Å². The summed E-state index contributed by atoms with van der Waals surface area (Å²) in [6, 6.07) is 17.3. The first kappa shape index (κ1) is 26.7. The van der Waals surface area contributed by atoms with Crippen molar-refractivity contribution in [2.45, 2.75) is 31.8 Å². The Balaban J connectivity index is 1.26. The molecule has 1 saturated heterocycles. The lowest BCUT2D eigenvalue weighted by molar-refractivity contribution is -0.128. The fourth-order valence-electron chi connectivity index (χ4n) is 5.17. The van der Waals surface area contributed by atoms with E-state index in [9.17, 15) is 9.59 Å². The van der Waals surface area contributed by atoms with Crippen LogP contribution in [-0.2, 0) is 22.6 Å². The summed E-state index contributed by atoms with van der Waals surface area (Å²) in [5.74, 6) is 0.356. The molecule has 1 saturated carbocycles. The maximum absolute atomic E-state index is 13.0. The summed E-state index contributed by atoms with van der Waals surface area (Å²) in [5, 5.41) is 4.91. The number of hydrogen-bond donors (Lipinski definition) is 1. The third kappa shape index (κ3) is 6.76. The number of hydrogen-bond acceptors (Lipinski definition) is 5. The monoisotopic (exact) mass is 549 g/mol. The van der Waals surface area contributed by atoms with Crippen LogP contribution in [0.5, 0.6) is 0 Å². The number of para-hydroxylation sites is 1. The number of anilines is 1. The van der Waals surface area contributed by atoms with Crippen molar-refractivity contribution in [2.75, 3.05) is 37.6 Å². The van der Waals surface area contributed by atoms with Gasteiger partial charge in [0, 0.05) is 55.5 Å². The van der Waals surface area contributed by atoms with Crippen molar-refractivity contribution >= 4 is 40.4 Å². The van der Waals surface area contributed by atoms with Gasteiger partial charge < -0.3 is 15.5 Å². The summed E-state index contributed by atoms with van der Waals surface area (Å²) in [5.41, 5.74) is 10.3. The van der Waals surface area contributed by atoms with Crippen molar-refractivity contribution in [3.8, 4) is 0 Å². The molecule has 2 amide bonds. The lowest BCUT2D eigenvalue weighted by Crippen LogP contribution is -2.49. The first-order chi connectivity index (χ1) is 18.5. The Bertz CT molecular complexity index is 1220. The van der Waals surface area contributed by atoms with Crippen LogP contribution in [0.3, 0.4) is 0 Å². The minimum Gasteiger partial charge on any atom is -0.368 e. The van der Waals surface area contributed by atoms with E-state index < -0.39 is 6.04 Å². The van der Waals surface area contributed by atoms with E-state index in [0.717, 1.165) is 23.4 Å². The van der Waals surface area contributed by atoms with Gasteiger partial charge in [0.2, 0.25) is 11.8 Å². The molecule has 1 aliphatic carbocycles. The Morgan fingerprint density at radius 2 is 1.76 bits per heavy atom. The maximum Gasteiger partial charge on any atom is 0.239 e. The quantitative estimate of drug-likeness (QED) is 0.368. The zero-order valence-corrected chi connectivity index (χ0v) is 23.0. The highest BCUT2D eigenvalue weighted by Gasteiger charge is 2.34. The Morgan fingerprint density at radius 1 is 1.03 bits per heavy atom. The number of primary amides is 1. The largest absolute Gasteiger partial charge is 0.368 e. The van der Waals surface area contributed by atoms with E-state index in [4.69, 9.17) is 17.3 Å². The van der Waals surface area contributed by atoms with Crippen LogP contribution >= 0.6 is 22.9 Å². The number of halogens is 1. The van der Waals surface area contributed by atoms with Gasteiger partial charge >= 0.3 is 0 Å². The number of piperazine rings is 1. The molecular formula is C30H34ClN4O2S. The molecule has 2 N–H and O–H groups in total. The Labute approximate surface area is 234 Å². The maximum atomic E-state index is 13.0. The highest BCUT2D eigenvalue weighted by molar-refractivity contribution is 7.07. The fourth-order valence-corrected chi connectivity index (χ4v) is 5.96. The highest BCUT2D eigenvalue weighted by Crippen LogP contribution is 2.37. The number of nitrogens with two attached hydrogens (primary N) is 1. The number of carbonyl (C=O) groups excluding carboxylic acids is 2. The van der Waals surface area contributed by atoms with Gasteiger partial charge in [-0.15, -0.1) is 0 Å². The van der Waals surface area contributed by atoms with Crippen LogP contribution in [0.4, 0.5) is 5.69 Å². The number of thiophene rings is 1. The number of rotatable bonds is 11. The molecule has 1 unspecified atom stereocenters. The van der Waals surface area contributed by atoms with Crippen LogP contribution in [0.25, 0.3) is 0 Å². The van der Waals surface area contributed by atoms with Gasteiger partial charge in [0.25, 0.3) is 0 Å². The zero-order valence-electron chi connectivity index (χ0n) is 21.5. The normalized spacial score (nSPS) is 16.6. The molecule has 199 valence electrons. The highest BCUT2D eigenvalue weighted by atomic mass is 35.5. The smallest absolute Gasteiger partial charge is 0.239 e. The van der Waals surface area contributed by atoms with Gasteiger partial charge in [-0.1, -0.05) is 41.9 Å². The van der Waals surface area contributed by atoms with Crippen LogP contribution in [-0.4, -0.2) is 54.3 Å². The van der Waals surface area contributed by atoms with Gasteiger partial charge in [-0.2, -0.15) is 11.3 Å². The topological polar surface area (TPSA) is 69.9 Å². The van der Waals surface area contributed by atoms with E-state index in [1.54, 1.807) is 17.8 Å². The summed E-state index contributed by atoms with van der Waals surface area (Å²) in [6.45, 7) is 4.24. The van der Waals surface area contributed by atoms with Gasteiger partial charge in [-0.25, -0.2) is 0 Å². The molecule has 38 heavy (non-hydrogen) atoms. The van der Waals surface area contributed by atoms with Crippen LogP contribution in [0.2, 0.25) is 5.02 Å². The molecule has 1 atom stereocenters. The molecule has 1 radical (unpaired) electrons. The standard InChI is InChI=1S/C30H34ClN4O2S/c31-25-10-7-22(8-11-25)9-12-28(36)34-16-14-33(15-17-34)27-4-2-1-3-26(27)29(30(32)37)35(19-23-5-6-23)20-24-13-18-38-21-24/h1-4,7-8,10-13,18,21,23,29H,5-6,9,14-17,19-20H2,(H2,32,37). The number of amides is 2. The van der Waals surface area contributed by atoms with Gasteiger partial charge in [-0.05, 0) is 71.3 Å². The third-order valence-electron chi connectivity index (χ3n) is 7.38. The van der Waals surface area contributed by atoms with Gasteiger partial charge in [0.15, 0.2) is 0 Å². The number of nitrogens with zero attached hydrogens (tertiary/aromatic N) is 3. The number of benzene rings is 2. The molecule has 2 heterocycles. The lowest BCUT2D eigenvalue weighted by Gasteiger charge is -2.39. The lowest BCUT2D eigenvalue weighted by atomic mass is 9.99. The Hall–Kier alpha value is -2.87. The molecule has 0 spiro atoms. The zero-order chi connectivity index (χ0) is 26.5. The Morgan fingerprint density at radius 3 is 2.42 bits per heavy atom. The van der Waals surface area contributed by atoms with Gasteiger partial charge in [0.05, 0.1) is 6.42 Å². The van der Waals surface area contributed by atoms with E-state index in [1.165, 1.54) is 18.4 Å². The summed E-state index contributed by atoms with van der Waals surface area (Å²) >= 11 is 7.64. The van der Waals surface area contributed by atoms with Gasteiger partial charge in [0.1, 0.15) is 6.04 Å². The molecule has 1 aliphatic heterocycles. The average Bonchev–Trinajstić information content (AvgIpc) is 3.59. The number of carbonyl (C=O) groups is 2. The Kier molecular flexibility index (Phi) is 8.67. The van der Waals surface area contributed by atoms with Crippen molar-refractivity contribution in [2.24, 2.45) is 11.7 Å². The van der Waals surface area contributed by atoms with Gasteiger partial charge in [-0.3, -0.25) is 14.5 Å². The molecular weight excluding hydrogens is 516 g/mol. The van der Waals surface area contributed by atoms with Crippen LogP contribution in [0.15, 0.2) is 65.4 Å². The summed E-state index contributed by atoms with van der Waals surface area (Å²) in [4.78, 5) is 32.3. The van der Waals surface area contributed by atoms with Crippen LogP contribution in [0.1, 0.15) is 35.6 Å². The summed E-state index contributed by atoms with van der Waals surface area (Å²) < 4.78 is 0. The average molecular weight is 550 g/mol. The second-order valence-electron chi connectivity index (χ2n) is 10.2. The molecule has 2 aliphatic rings. The van der Waals surface area contributed by atoms with Crippen LogP contribution in [0, 0.1) is 12.3 Å². The minimum atomic E-state index is -0.501. The summed E-state index contributed by atoms with van der Waals surface area (Å²) in [6.07, 6.45) is 4.74. The van der Waals surface area contributed by atoms with E-state index in [-0.39, 0.29) is 11.8 Å². The first-order valence-electron chi connectivity index (χ1n) is 13.2. The van der Waals surface area contributed by atoms with E-state index in [1.807, 2.05) is 47.4 Å². The van der Waals surface area contributed by atoms with Crippen molar-refractivity contribution in [1.29, 1.82) is 0 Å². The van der Waals surface area contributed by atoms with Crippen molar-refractivity contribution in [3.05, 3.63) is 93.5 Å². The SMILES string of the molecule is NC(=O)C(c1ccccc1N1CCN(C(=O)[CH]Cc2ccc(Cl)cc2)CC1)N(Cc1ccsc1)CC1CC1.